The van der Waals surface area contributed by atoms with Crippen LogP contribution in [-0.2, 0) is 11.2 Å². The van der Waals surface area contributed by atoms with E-state index >= 15 is 0 Å². The van der Waals surface area contributed by atoms with Gasteiger partial charge >= 0.3 is 0 Å². The summed E-state index contributed by atoms with van der Waals surface area (Å²) in [6.07, 6.45) is 4.25. The molecule has 3 atom stereocenters. The van der Waals surface area contributed by atoms with Gasteiger partial charge in [-0.25, -0.2) is 0 Å². The summed E-state index contributed by atoms with van der Waals surface area (Å²) in [5.74, 6) is 0.885. The lowest BCUT2D eigenvalue weighted by Gasteiger charge is -2.43. The van der Waals surface area contributed by atoms with Gasteiger partial charge in [0, 0.05) is 11.7 Å². The predicted octanol–water partition coefficient (Wildman–Crippen LogP) is 3.14. The molecule has 3 N–H and O–H groups in total. The maximum atomic E-state index is 12.4. The number of hydrogen-bond acceptors (Lipinski definition) is 2. The molecule has 21 heavy (non-hydrogen) atoms. The molecule has 2 aliphatic carbocycles. The van der Waals surface area contributed by atoms with E-state index in [1.54, 1.807) is 0 Å². The van der Waals surface area contributed by atoms with Gasteiger partial charge in [0.25, 0.3) is 0 Å². The third-order valence-corrected chi connectivity index (χ3v) is 5.92. The highest BCUT2D eigenvalue weighted by molar-refractivity contribution is 5.79. The van der Waals surface area contributed by atoms with Crippen molar-refractivity contribution in [3.63, 3.8) is 0 Å². The third kappa shape index (κ3) is 2.43. The van der Waals surface area contributed by atoms with Crippen molar-refractivity contribution >= 4 is 11.6 Å². The predicted molar refractivity (Wildman–Crippen MR) is 85.7 cm³/mol. The molecular formula is C18H26N2O. The lowest BCUT2D eigenvalue weighted by atomic mass is 9.68. The van der Waals surface area contributed by atoms with Gasteiger partial charge in [-0.1, -0.05) is 32.9 Å². The Morgan fingerprint density at radius 1 is 1.29 bits per heavy atom. The van der Waals surface area contributed by atoms with Crippen molar-refractivity contribution in [2.75, 3.05) is 5.73 Å². The Bertz CT molecular complexity index is 544. The zero-order valence-corrected chi connectivity index (χ0v) is 13.3. The van der Waals surface area contributed by atoms with E-state index in [1.165, 1.54) is 19.3 Å². The summed E-state index contributed by atoms with van der Waals surface area (Å²) in [5, 5.41) is 3.33. The summed E-state index contributed by atoms with van der Waals surface area (Å²) in [4.78, 5) is 12.4. The minimum absolute atomic E-state index is 0.131. The molecule has 0 radical (unpaired) electrons. The first-order valence-corrected chi connectivity index (χ1v) is 7.95. The number of amides is 1. The van der Waals surface area contributed by atoms with Crippen molar-refractivity contribution in [2.24, 2.45) is 16.7 Å². The first-order chi connectivity index (χ1) is 9.81. The fourth-order valence-electron chi connectivity index (χ4n) is 4.70. The van der Waals surface area contributed by atoms with Gasteiger partial charge in [-0.15, -0.1) is 0 Å². The highest BCUT2D eigenvalue weighted by Gasteiger charge is 2.59. The summed E-state index contributed by atoms with van der Waals surface area (Å²) in [6, 6.07) is 7.87. The molecule has 1 aromatic carbocycles. The normalized spacial score (nSPS) is 33.1. The second kappa shape index (κ2) is 4.75. The van der Waals surface area contributed by atoms with Crippen molar-refractivity contribution < 1.29 is 4.79 Å². The number of nitrogens with one attached hydrogen (secondary N) is 1. The number of fused-ring (bicyclic) bond motifs is 2. The number of rotatable bonds is 3. The van der Waals surface area contributed by atoms with Gasteiger partial charge in [0.1, 0.15) is 0 Å². The molecule has 2 bridgehead atoms. The molecule has 0 spiro atoms. The molecule has 0 aromatic heterocycles. The van der Waals surface area contributed by atoms with Crippen LogP contribution in [0.4, 0.5) is 5.69 Å². The average molecular weight is 286 g/mol. The van der Waals surface area contributed by atoms with Gasteiger partial charge in [0.05, 0.1) is 6.42 Å². The fourth-order valence-corrected chi connectivity index (χ4v) is 4.70. The number of benzene rings is 1. The molecular weight excluding hydrogens is 260 g/mol. The third-order valence-electron chi connectivity index (χ3n) is 5.92. The van der Waals surface area contributed by atoms with E-state index in [-0.39, 0.29) is 16.7 Å². The van der Waals surface area contributed by atoms with Crippen LogP contribution >= 0.6 is 0 Å². The topological polar surface area (TPSA) is 55.1 Å². The number of carbonyl (C=O) groups excluding carboxylic acids is 1. The van der Waals surface area contributed by atoms with Crippen LogP contribution in [0.5, 0.6) is 0 Å². The minimum Gasteiger partial charge on any atom is -0.399 e. The molecule has 1 aromatic rings. The van der Waals surface area contributed by atoms with Crippen LogP contribution in [0.25, 0.3) is 0 Å². The molecule has 1 amide bonds. The maximum absolute atomic E-state index is 12.4. The van der Waals surface area contributed by atoms with Crippen LogP contribution in [0.3, 0.4) is 0 Å². The molecule has 3 rings (SSSR count). The van der Waals surface area contributed by atoms with Crippen molar-refractivity contribution in [1.82, 2.24) is 5.32 Å². The van der Waals surface area contributed by atoms with E-state index in [1.807, 2.05) is 24.3 Å². The van der Waals surface area contributed by atoms with E-state index in [0.29, 0.717) is 12.5 Å². The fraction of sp³-hybridized carbons (Fsp3) is 0.611. The molecule has 2 saturated carbocycles. The van der Waals surface area contributed by atoms with Crippen molar-refractivity contribution in [2.45, 2.75) is 52.5 Å². The highest BCUT2D eigenvalue weighted by Crippen LogP contribution is 2.62. The van der Waals surface area contributed by atoms with Crippen LogP contribution in [0, 0.1) is 16.7 Å². The second-order valence-corrected chi connectivity index (χ2v) is 7.83. The number of carbonyl (C=O) groups is 1. The second-order valence-electron chi connectivity index (χ2n) is 7.83. The van der Waals surface area contributed by atoms with Crippen LogP contribution in [0.2, 0.25) is 0 Å². The smallest absolute Gasteiger partial charge is 0.224 e. The van der Waals surface area contributed by atoms with Crippen molar-refractivity contribution in [1.29, 1.82) is 0 Å². The summed E-state index contributed by atoms with van der Waals surface area (Å²) >= 11 is 0. The first kappa shape index (κ1) is 14.4. The standard InChI is InChI=1S/C18H26N2O/c1-17(2)13-8-9-18(3,11-13)16(17)20-15(21)10-12-4-6-14(19)7-5-12/h4-7,13,16H,8-11,19H2,1-3H3,(H,20,21). The quantitative estimate of drug-likeness (QED) is 0.839. The molecule has 3 unspecified atom stereocenters. The van der Waals surface area contributed by atoms with E-state index < -0.39 is 0 Å². The molecule has 3 nitrogen and oxygen atoms in total. The minimum atomic E-state index is 0.131. The summed E-state index contributed by atoms with van der Waals surface area (Å²) in [6.45, 7) is 6.97. The Hall–Kier alpha value is -1.51. The SMILES string of the molecule is CC12CCC(C1)C(C)(C)C2NC(=O)Cc1ccc(N)cc1. The molecule has 0 heterocycles. The van der Waals surface area contributed by atoms with Gasteiger partial charge in [0.2, 0.25) is 5.91 Å². The van der Waals surface area contributed by atoms with E-state index in [0.717, 1.165) is 17.2 Å². The Morgan fingerprint density at radius 2 is 1.95 bits per heavy atom. The van der Waals surface area contributed by atoms with Crippen LogP contribution < -0.4 is 11.1 Å². The molecule has 0 aliphatic heterocycles. The van der Waals surface area contributed by atoms with Crippen LogP contribution in [0.1, 0.15) is 45.6 Å². The van der Waals surface area contributed by atoms with E-state index in [2.05, 4.69) is 26.1 Å². The Labute approximate surface area is 127 Å². The van der Waals surface area contributed by atoms with Gasteiger partial charge in [-0.05, 0) is 53.7 Å². The molecule has 114 valence electrons. The van der Waals surface area contributed by atoms with Crippen LogP contribution in [0.15, 0.2) is 24.3 Å². The summed E-state index contributed by atoms with van der Waals surface area (Å²) in [7, 11) is 0. The Morgan fingerprint density at radius 3 is 2.52 bits per heavy atom. The monoisotopic (exact) mass is 286 g/mol. The zero-order valence-electron chi connectivity index (χ0n) is 13.3. The maximum Gasteiger partial charge on any atom is 0.224 e. The lowest BCUT2D eigenvalue weighted by Crippen LogP contribution is -2.52. The number of anilines is 1. The van der Waals surface area contributed by atoms with E-state index in [9.17, 15) is 4.79 Å². The zero-order chi connectivity index (χ0) is 15.3. The van der Waals surface area contributed by atoms with Crippen molar-refractivity contribution in [3.8, 4) is 0 Å². The molecule has 0 saturated heterocycles. The van der Waals surface area contributed by atoms with Gasteiger partial charge < -0.3 is 11.1 Å². The summed E-state index contributed by atoms with van der Waals surface area (Å²) in [5.41, 5.74) is 7.94. The molecule has 2 fully saturated rings. The largest absolute Gasteiger partial charge is 0.399 e. The number of hydrogen-bond donors (Lipinski definition) is 2. The number of nitrogens with two attached hydrogens (primary N) is 1. The van der Waals surface area contributed by atoms with Gasteiger partial charge in [0.15, 0.2) is 0 Å². The highest BCUT2D eigenvalue weighted by atomic mass is 16.1. The van der Waals surface area contributed by atoms with Crippen molar-refractivity contribution in [3.05, 3.63) is 29.8 Å². The average Bonchev–Trinajstić information content (AvgIpc) is 2.89. The van der Waals surface area contributed by atoms with E-state index in [4.69, 9.17) is 5.73 Å². The molecule has 2 aliphatic rings. The first-order valence-electron chi connectivity index (χ1n) is 7.95. The summed E-state index contributed by atoms with van der Waals surface area (Å²) < 4.78 is 0. The van der Waals surface area contributed by atoms with Gasteiger partial charge in [-0.3, -0.25) is 4.79 Å². The number of nitrogen functional groups attached to an aromatic ring is 1. The Balaban J connectivity index is 1.69. The van der Waals surface area contributed by atoms with Gasteiger partial charge in [-0.2, -0.15) is 0 Å². The van der Waals surface area contributed by atoms with Crippen LogP contribution in [-0.4, -0.2) is 11.9 Å². The molecule has 3 heteroatoms. The lowest BCUT2D eigenvalue weighted by molar-refractivity contribution is -0.123. The Kier molecular flexibility index (Phi) is 3.27.